The van der Waals surface area contributed by atoms with Gasteiger partial charge in [-0.3, -0.25) is 0 Å². The van der Waals surface area contributed by atoms with Crippen molar-refractivity contribution in [3.63, 3.8) is 0 Å². The van der Waals surface area contributed by atoms with E-state index in [-0.39, 0.29) is 0 Å². The standard InChI is InChI=1S/C17H25NO/c1-12(9-13-3-4-13)18-16-10-15(11-16)14-5-7-17(19-2)8-6-14/h5-8,12-13,15-16,18H,3-4,9-11H2,1-2H3. The van der Waals surface area contributed by atoms with Crippen LogP contribution in [0.25, 0.3) is 0 Å². The molecule has 2 fully saturated rings. The maximum absolute atomic E-state index is 5.20. The van der Waals surface area contributed by atoms with Crippen molar-refractivity contribution >= 4 is 0 Å². The second kappa shape index (κ2) is 5.54. The summed E-state index contributed by atoms with van der Waals surface area (Å²) >= 11 is 0. The molecule has 104 valence electrons. The zero-order chi connectivity index (χ0) is 13.2. The molecule has 1 aromatic rings. The van der Waals surface area contributed by atoms with E-state index < -0.39 is 0 Å². The Morgan fingerprint density at radius 3 is 2.47 bits per heavy atom. The van der Waals surface area contributed by atoms with Crippen LogP contribution in [0.15, 0.2) is 24.3 Å². The van der Waals surface area contributed by atoms with Gasteiger partial charge in [-0.05, 0) is 55.7 Å². The van der Waals surface area contributed by atoms with E-state index in [2.05, 4.69) is 36.5 Å². The lowest BCUT2D eigenvalue weighted by Gasteiger charge is -2.38. The molecule has 0 radical (unpaired) electrons. The summed E-state index contributed by atoms with van der Waals surface area (Å²) in [5, 5.41) is 3.79. The Bertz CT molecular complexity index is 404. The minimum Gasteiger partial charge on any atom is -0.497 e. The fraction of sp³-hybridized carbons (Fsp3) is 0.647. The predicted octanol–water partition coefficient (Wildman–Crippen LogP) is 3.72. The molecule has 2 saturated carbocycles. The Morgan fingerprint density at radius 1 is 1.21 bits per heavy atom. The number of hydrogen-bond donors (Lipinski definition) is 1. The van der Waals surface area contributed by atoms with E-state index in [1.807, 2.05) is 0 Å². The third kappa shape index (κ3) is 3.30. The summed E-state index contributed by atoms with van der Waals surface area (Å²) in [5.41, 5.74) is 1.47. The lowest BCUT2D eigenvalue weighted by Crippen LogP contribution is -2.44. The molecule has 0 amide bonds. The number of hydrogen-bond acceptors (Lipinski definition) is 2. The van der Waals surface area contributed by atoms with Crippen LogP contribution in [0, 0.1) is 5.92 Å². The first-order valence-corrected chi connectivity index (χ1v) is 7.64. The van der Waals surface area contributed by atoms with Crippen molar-refractivity contribution < 1.29 is 4.74 Å². The van der Waals surface area contributed by atoms with Crippen LogP contribution in [-0.2, 0) is 0 Å². The maximum Gasteiger partial charge on any atom is 0.118 e. The Hall–Kier alpha value is -1.02. The van der Waals surface area contributed by atoms with Gasteiger partial charge in [0, 0.05) is 12.1 Å². The fourth-order valence-electron chi connectivity index (χ4n) is 3.23. The van der Waals surface area contributed by atoms with Gasteiger partial charge in [0.05, 0.1) is 7.11 Å². The first-order valence-electron chi connectivity index (χ1n) is 7.64. The van der Waals surface area contributed by atoms with Gasteiger partial charge in [0.25, 0.3) is 0 Å². The lowest BCUT2D eigenvalue weighted by atomic mass is 9.75. The molecule has 0 aliphatic heterocycles. The summed E-state index contributed by atoms with van der Waals surface area (Å²) in [6, 6.07) is 10.0. The van der Waals surface area contributed by atoms with Crippen molar-refractivity contribution in [3.8, 4) is 5.75 Å². The summed E-state index contributed by atoms with van der Waals surface area (Å²) in [4.78, 5) is 0. The lowest BCUT2D eigenvalue weighted by molar-refractivity contribution is 0.262. The molecule has 1 N–H and O–H groups in total. The average molecular weight is 259 g/mol. The SMILES string of the molecule is COc1ccc(C2CC(NC(C)CC3CC3)C2)cc1. The maximum atomic E-state index is 5.20. The molecule has 3 rings (SSSR count). The van der Waals surface area contributed by atoms with E-state index in [1.54, 1.807) is 7.11 Å². The number of benzene rings is 1. The number of nitrogens with one attached hydrogen (secondary N) is 1. The molecule has 2 nitrogen and oxygen atoms in total. The van der Waals surface area contributed by atoms with Gasteiger partial charge in [0.15, 0.2) is 0 Å². The Kier molecular flexibility index (Phi) is 3.79. The van der Waals surface area contributed by atoms with Gasteiger partial charge in [-0.15, -0.1) is 0 Å². The molecular weight excluding hydrogens is 234 g/mol. The van der Waals surface area contributed by atoms with Crippen molar-refractivity contribution in [2.24, 2.45) is 5.92 Å². The normalized spacial score (nSPS) is 27.7. The van der Waals surface area contributed by atoms with Crippen LogP contribution in [0.4, 0.5) is 0 Å². The molecule has 0 saturated heterocycles. The summed E-state index contributed by atoms with van der Waals surface area (Å²) in [6.07, 6.45) is 6.89. The summed E-state index contributed by atoms with van der Waals surface area (Å²) in [6.45, 7) is 2.35. The summed E-state index contributed by atoms with van der Waals surface area (Å²) in [7, 11) is 1.72. The second-order valence-corrected chi connectivity index (χ2v) is 6.39. The molecule has 2 aliphatic carbocycles. The molecule has 0 heterocycles. The van der Waals surface area contributed by atoms with Crippen molar-refractivity contribution in [2.45, 2.75) is 57.0 Å². The number of ether oxygens (including phenoxy) is 1. The van der Waals surface area contributed by atoms with Gasteiger partial charge in [-0.25, -0.2) is 0 Å². The summed E-state index contributed by atoms with van der Waals surface area (Å²) < 4.78 is 5.20. The molecule has 0 aromatic heterocycles. The highest BCUT2D eigenvalue weighted by Gasteiger charge is 2.32. The van der Waals surface area contributed by atoms with E-state index >= 15 is 0 Å². The zero-order valence-electron chi connectivity index (χ0n) is 12.1. The van der Waals surface area contributed by atoms with Gasteiger partial charge in [0.1, 0.15) is 5.75 Å². The zero-order valence-corrected chi connectivity index (χ0v) is 12.1. The van der Waals surface area contributed by atoms with Gasteiger partial charge in [-0.1, -0.05) is 25.0 Å². The van der Waals surface area contributed by atoms with Gasteiger partial charge in [-0.2, -0.15) is 0 Å². The summed E-state index contributed by atoms with van der Waals surface area (Å²) in [5.74, 6) is 2.73. The molecule has 0 bridgehead atoms. The topological polar surface area (TPSA) is 21.3 Å². The monoisotopic (exact) mass is 259 g/mol. The minimum absolute atomic E-state index is 0.703. The van der Waals surface area contributed by atoms with Crippen molar-refractivity contribution in [1.82, 2.24) is 5.32 Å². The molecule has 1 atom stereocenters. The van der Waals surface area contributed by atoms with E-state index in [4.69, 9.17) is 4.74 Å². The van der Waals surface area contributed by atoms with Crippen LogP contribution in [0.3, 0.4) is 0 Å². The van der Waals surface area contributed by atoms with Crippen molar-refractivity contribution in [3.05, 3.63) is 29.8 Å². The van der Waals surface area contributed by atoms with Crippen LogP contribution in [-0.4, -0.2) is 19.2 Å². The Morgan fingerprint density at radius 2 is 1.89 bits per heavy atom. The van der Waals surface area contributed by atoms with Crippen LogP contribution < -0.4 is 10.1 Å². The van der Waals surface area contributed by atoms with Crippen LogP contribution in [0.5, 0.6) is 5.75 Å². The van der Waals surface area contributed by atoms with Crippen molar-refractivity contribution in [1.29, 1.82) is 0 Å². The first kappa shape index (κ1) is 13.0. The molecule has 1 unspecified atom stereocenters. The van der Waals surface area contributed by atoms with E-state index in [0.29, 0.717) is 6.04 Å². The van der Waals surface area contributed by atoms with Gasteiger partial charge >= 0.3 is 0 Å². The van der Waals surface area contributed by atoms with Crippen LogP contribution in [0.2, 0.25) is 0 Å². The number of methoxy groups -OCH3 is 1. The second-order valence-electron chi connectivity index (χ2n) is 6.39. The molecule has 2 aliphatic rings. The van der Waals surface area contributed by atoms with Crippen LogP contribution >= 0.6 is 0 Å². The molecule has 1 aromatic carbocycles. The highest BCUT2D eigenvalue weighted by Crippen LogP contribution is 2.38. The molecule has 2 heteroatoms. The van der Waals surface area contributed by atoms with Crippen molar-refractivity contribution in [2.75, 3.05) is 7.11 Å². The third-order valence-corrected chi connectivity index (χ3v) is 4.63. The highest BCUT2D eigenvalue weighted by atomic mass is 16.5. The Labute approximate surface area is 116 Å². The smallest absolute Gasteiger partial charge is 0.118 e. The average Bonchev–Trinajstić information content (AvgIpc) is 3.17. The van der Waals surface area contributed by atoms with Gasteiger partial charge < -0.3 is 10.1 Å². The molecular formula is C17H25NO. The van der Waals surface area contributed by atoms with E-state index in [0.717, 1.165) is 23.6 Å². The quantitative estimate of drug-likeness (QED) is 0.840. The van der Waals surface area contributed by atoms with Crippen LogP contribution in [0.1, 0.15) is 50.5 Å². The Balaban J connectivity index is 1.43. The number of rotatable bonds is 6. The minimum atomic E-state index is 0.703. The van der Waals surface area contributed by atoms with E-state index in [9.17, 15) is 0 Å². The first-order chi connectivity index (χ1) is 9.24. The molecule has 19 heavy (non-hydrogen) atoms. The van der Waals surface area contributed by atoms with E-state index in [1.165, 1.54) is 37.7 Å². The fourth-order valence-corrected chi connectivity index (χ4v) is 3.23. The largest absolute Gasteiger partial charge is 0.497 e. The third-order valence-electron chi connectivity index (χ3n) is 4.63. The van der Waals surface area contributed by atoms with Gasteiger partial charge in [0.2, 0.25) is 0 Å². The predicted molar refractivity (Wildman–Crippen MR) is 78.7 cm³/mol. The highest BCUT2D eigenvalue weighted by molar-refractivity contribution is 5.30. The molecule has 0 spiro atoms.